The van der Waals surface area contributed by atoms with Crippen LogP contribution in [0.4, 0.5) is 0 Å². The highest BCUT2D eigenvalue weighted by Gasteiger charge is 2.30. The van der Waals surface area contributed by atoms with E-state index in [-0.39, 0.29) is 0 Å². The predicted molar refractivity (Wildman–Crippen MR) is 68.5 cm³/mol. The Kier molecular flexibility index (Phi) is 5.77. The maximum absolute atomic E-state index is 5.07. The molecular weight excluding hydrogens is 198 g/mol. The van der Waals surface area contributed by atoms with E-state index in [0.717, 1.165) is 18.6 Å². The highest BCUT2D eigenvalue weighted by atomic mass is 16.5. The van der Waals surface area contributed by atoms with Gasteiger partial charge in [0.2, 0.25) is 0 Å². The summed E-state index contributed by atoms with van der Waals surface area (Å²) in [5.74, 6) is 0.941. The summed E-state index contributed by atoms with van der Waals surface area (Å²) in [6.45, 7) is 9.31. The molecule has 0 aromatic carbocycles. The Morgan fingerprint density at radius 1 is 1.12 bits per heavy atom. The quantitative estimate of drug-likeness (QED) is 0.717. The van der Waals surface area contributed by atoms with Gasteiger partial charge in [-0.3, -0.25) is 0 Å². The lowest BCUT2D eigenvalue weighted by molar-refractivity contribution is -0.692. The molecule has 96 valence electrons. The fourth-order valence-corrected chi connectivity index (χ4v) is 2.80. The van der Waals surface area contributed by atoms with Gasteiger partial charge in [-0.2, -0.15) is 0 Å². The summed E-state index contributed by atoms with van der Waals surface area (Å²) in [7, 11) is 1.79. The Balaban J connectivity index is 2.12. The minimum Gasteiger partial charge on any atom is -0.384 e. The first-order valence-electron chi connectivity index (χ1n) is 6.86. The van der Waals surface area contributed by atoms with Crippen LogP contribution in [-0.2, 0) is 4.74 Å². The highest BCUT2D eigenvalue weighted by molar-refractivity contribution is 4.79. The molecule has 1 aliphatic rings. The van der Waals surface area contributed by atoms with E-state index in [1.165, 1.54) is 38.6 Å². The minimum atomic E-state index is 0.515. The second-order valence-electron chi connectivity index (χ2n) is 6.35. The molecule has 0 aliphatic heterocycles. The summed E-state index contributed by atoms with van der Waals surface area (Å²) in [6.07, 6.45) is 6.86. The van der Waals surface area contributed by atoms with E-state index in [1.54, 1.807) is 7.11 Å². The van der Waals surface area contributed by atoms with Crippen LogP contribution < -0.4 is 5.32 Å². The fourth-order valence-electron chi connectivity index (χ4n) is 2.80. The highest BCUT2D eigenvalue weighted by Crippen LogP contribution is 2.36. The van der Waals surface area contributed by atoms with Gasteiger partial charge >= 0.3 is 0 Å². The predicted octanol–water partition coefficient (Wildman–Crippen LogP) is 2.19. The maximum atomic E-state index is 5.07. The van der Waals surface area contributed by atoms with Gasteiger partial charge in [0, 0.05) is 13.5 Å². The van der Waals surface area contributed by atoms with E-state index in [0.29, 0.717) is 5.41 Å². The van der Waals surface area contributed by atoms with Crippen LogP contribution in [0.5, 0.6) is 0 Å². The molecule has 1 rings (SSSR count). The number of nitrogens with two attached hydrogens (primary N) is 1. The molecule has 1 aliphatic carbocycles. The van der Waals surface area contributed by atoms with Gasteiger partial charge < -0.3 is 10.1 Å². The van der Waals surface area contributed by atoms with Crippen molar-refractivity contribution in [1.82, 2.24) is 0 Å². The molecule has 16 heavy (non-hydrogen) atoms. The molecule has 0 bridgehead atoms. The third-order valence-electron chi connectivity index (χ3n) is 4.05. The van der Waals surface area contributed by atoms with Crippen LogP contribution in [-0.4, -0.2) is 26.3 Å². The standard InChI is InChI=1S/C14H29NO/c1-14(2,3)12-6-8-13(9-7-12)15-10-5-11-16-4/h12-13,15H,5-11H2,1-4H3/p+1. The van der Waals surface area contributed by atoms with Gasteiger partial charge in [0.05, 0.1) is 19.2 Å². The molecule has 0 atom stereocenters. The van der Waals surface area contributed by atoms with E-state index in [1.807, 2.05) is 0 Å². The van der Waals surface area contributed by atoms with Gasteiger partial charge in [0.25, 0.3) is 0 Å². The molecule has 0 aromatic heterocycles. The smallest absolute Gasteiger partial charge is 0.0859 e. The summed E-state index contributed by atoms with van der Waals surface area (Å²) >= 11 is 0. The molecule has 2 N–H and O–H groups in total. The molecule has 0 radical (unpaired) electrons. The zero-order valence-electron chi connectivity index (χ0n) is 11.6. The number of hydrogen-bond acceptors (Lipinski definition) is 1. The van der Waals surface area contributed by atoms with E-state index < -0.39 is 0 Å². The molecule has 0 amide bonds. The number of rotatable bonds is 5. The zero-order valence-corrected chi connectivity index (χ0v) is 11.6. The first-order valence-corrected chi connectivity index (χ1v) is 6.86. The van der Waals surface area contributed by atoms with Gasteiger partial charge in [-0.15, -0.1) is 0 Å². The van der Waals surface area contributed by atoms with Crippen LogP contribution in [0.2, 0.25) is 0 Å². The number of quaternary nitrogens is 1. The average Bonchev–Trinajstić information content (AvgIpc) is 2.24. The SMILES string of the molecule is COCCC[NH2+]C1CCC(C(C)(C)C)CC1. The van der Waals surface area contributed by atoms with E-state index >= 15 is 0 Å². The summed E-state index contributed by atoms with van der Waals surface area (Å²) in [4.78, 5) is 0. The third kappa shape index (κ3) is 4.84. The van der Waals surface area contributed by atoms with Gasteiger partial charge in [0.1, 0.15) is 0 Å². The van der Waals surface area contributed by atoms with Gasteiger partial charge in [-0.1, -0.05) is 20.8 Å². The molecule has 0 heterocycles. The maximum Gasteiger partial charge on any atom is 0.0859 e. The molecule has 0 saturated heterocycles. The van der Waals surface area contributed by atoms with Crippen molar-refractivity contribution in [2.24, 2.45) is 11.3 Å². The molecule has 0 spiro atoms. The van der Waals surface area contributed by atoms with Crippen molar-refractivity contribution >= 4 is 0 Å². The Morgan fingerprint density at radius 2 is 1.75 bits per heavy atom. The second kappa shape index (κ2) is 6.61. The summed E-state index contributed by atoms with van der Waals surface area (Å²) in [5.41, 5.74) is 0.515. The van der Waals surface area contributed by atoms with Crippen molar-refractivity contribution in [1.29, 1.82) is 0 Å². The molecule has 2 heteroatoms. The van der Waals surface area contributed by atoms with Crippen molar-refractivity contribution in [3.05, 3.63) is 0 Å². The average molecular weight is 228 g/mol. The first-order chi connectivity index (χ1) is 7.54. The second-order valence-corrected chi connectivity index (χ2v) is 6.35. The number of ether oxygens (including phenoxy) is 1. The molecule has 0 unspecified atom stereocenters. The van der Waals surface area contributed by atoms with Gasteiger partial charge in [-0.25, -0.2) is 0 Å². The van der Waals surface area contributed by atoms with Crippen molar-refractivity contribution in [2.45, 2.75) is 58.9 Å². The summed E-state index contributed by atoms with van der Waals surface area (Å²) < 4.78 is 5.07. The third-order valence-corrected chi connectivity index (χ3v) is 4.05. The van der Waals surface area contributed by atoms with Gasteiger partial charge in [-0.05, 0) is 37.0 Å². The molecule has 1 fully saturated rings. The largest absolute Gasteiger partial charge is 0.384 e. The van der Waals surface area contributed by atoms with Crippen LogP contribution in [0.1, 0.15) is 52.9 Å². The van der Waals surface area contributed by atoms with Crippen molar-refractivity contribution < 1.29 is 10.1 Å². The van der Waals surface area contributed by atoms with Crippen molar-refractivity contribution in [3.8, 4) is 0 Å². The van der Waals surface area contributed by atoms with Crippen molar-refractivity contribution in [2.75, 3.05) is 20.3 Å². The van der Waals surface area contributed by atoms with Gasteiger partial charge in [0.15, 0.2) is 0 Å². The number of hydrogen-bond donors (Lipinski definition) is 1. The van der Waals surface area contributed by atoms with E-state index in [9.17, 15) is 0 Å². The van der Waals surface area contributed by atoms with Crippen LogP contribution in [0, 0.1) is 11.3 Å². The van der Waals surface area contributed by atoms with Crippen LogP contribution >= 0.6 is 0 Å². The lowest BCUT2D eigenvalue weighted by Crippen LogP contribution is -2.90. The van der Waals surface area contributed by atoms with Crippen LogP contribution in [0.15, 0.2) is 0 Å². The lowest BCUT2D eigenvalue weighted by Gasteiger charge is -2.36. The van der Waals surface area contributed by atoms with Crippen LogP contribution in [0.3, 0.4) is 0 Å². The van der Waals surface area contributed by atoms with Crippen LogP contribution in [0.25, 0.3) is 0 Å². The first kappa shape index (κ1) is 14.0. The molecule has 1 saturated carbocycles. The Labute approximate surface area is 101 Å². The fraction of sp³-hybridized carbons (Fsp3) is 1.00. The number of methoxy groups -OCH3 is 1. The normalized spacial score (nSPS) is 27.0. The zero-order chi connectivity index (χ0) is 12.0. The Bertz CT molecular complexity index is 178. The molecule has 2 nitrogen and oxygen atoms in total. The minimum absolute atomic E-state index is 0.515. The van der Waals surface area contributed by atoms with Crippen molar-refractivity contribution in [3.63, 3.8) is 0 Å². The van der Waals surface area contributed by atoms with E-state index in [4.69, 9.17) is 4.74 Å². The van der Waals surface area contributed by atoms with E-state index in [2.05, 4.69) is 26.1 Å². The summed E-state index contributed by atoms with van der Waals surface area (Å²) in [6, 6.07) is 0.885. The Morgan fingerprint density at radius 3 is 2.25 bits per heavy atom. The Hall–Kier alpha value is -0.0800. The molecular formula is C14H30NO+. The summed E-state index contributed by atoms with van der Waals surface area (Å²) in [5, 5.41) is 2.54. The monoisotopic (exact) mass is 228 g/mol. The molecule has 0 aromatic rings. The topological polar surface area (TPSA) is 25.8 Å². The lowest BCUT2D eigenvalue weighted by atomic mass is 9.71.